The Labute approximate surface area is 114 Å². The molecule has 100 valence electrons. The highest BCUT2D eigenvalue weighted by molar-refractivity contribution is 5.31. The number of nitrogens with zero attached hydrogens (tertiary/aromatic N) is 1. The van der Waals surface area contributed by atoms with E-state index in [2.05, 4.69) is 29.4 Å². The van der Waals surface area contributed by atoms with Gasteiger partial charge in [-0.15, -0.1) is 0 Å². The molecule has 3 nitrogen and oxygen atoms in total. The third-order valence-electron chi connectivity index (χ3n) is 3.22. The van der Waals surface area contributed by atoms with Gasteiger partial charge in [0, 0.05) is 12.7 Å². The molecule has 0 aliphatic carbocycles. The molecule has 0 saturated carbocycles. The Morgan fingerprint density at radius 2 is 1.84 bits per heavy atom. The molecule has 1 heterocycles. The minimum Gasteiger partial charge on any atom is -0.363 e. The van der Waals surface area contributed by atoms with Gasteiger partial charge in [-0.3, -0.25) is 4.98 Å². The van der Waals surface area contributed by atoms with Crippen molar-refractivity contribution in [2.75, 3.05) is 20.2 Å². The fraction of sp³-hybridized carbons (Fsp3) is 0.312. The molecule has 2 aromatic rings. The zero-order valence-corrected chi connectivity index (χ0v) is 11.5. The van der Waals surface area contributed by atoms with Crippen LogP contribution < -0.4 is 5.32 Å². The summed E-state index contributed by atoms with van der Waals surface area (Å²) in [6.45, 7) is 3.52. The summed E-state index contributed by atoms with van der Waals surface area (Å²) in [6, 6.07) is 16.1. The molecule has 0 spiro atoms. The summed E-state index contributed by atoms with van der Waals surface area (Å²) in [4.78, 5) is 4.46. The van der Waals surface area contributed by atoms with E-state index in [1.54, 1.807) is 6.20 Å². The maximum atomic E-state index is 6.12. The summed E-state index contributed by atoms with van der Waals surface area (Å²) < 4.78 is 6.12. The number of nitrogens with one attached hydrogen (secondary N) is 1. The van der Waals surface area contributed by atoms with Gasteiger partial charge in [0.25, 0.3) is 0 Å². The third-order valence-corrected chi connectivity index (χ3v) is 3.22. The van der Waals surface area contributed by atoms with Crippen molar-refractivity contribution in [1.82, 2.24) is 10.3 Å². The molecule has 0 saturated heterocycles. The van der Waals surface area contributed by atoms with Crippen LogP contribution >= 0.6 is 0 Å². The second kappa shape index (κ2) is 6.45. The lowest BCUT2D eigenvalue weighted by Gasteiger charge is -2.30. The molecule has 0 aliphatic heterocycles. The van der Waals surface area contributed by atoms with E-state index in [1.165, 1.54) is 0 Å². The van der Waals surface area contributed by atoms with Crippen molar-refractivity contribution >= 4 is 0 Å². The molecule has 3 heteroatoms. The van der Waals surface area contributed by atoms with Crippen LogP contribution in [-0.2, 0) is 10.3 Å². The van der Waals surface area contributed by atoms with Gasteiger partial charge in [-0.1, -0.05) is 36.4 Å². The average Bonchev–Trinajstić information content (AvgIpc) is 2.49. The predicted molar refractivity (Wildman–Crippen MR) is 77.0 cm³/mol. The van der Waals surface area contributed by atoms with Crippen LogP contribution in [0.3, 0.4) is 0 Å². The molecule has 0 fully saturated rings. The van der Waals surface area contributed by atoms with Gasteiger partial charge in [-0.25, -0.2) is 0 Å². The lowest BCUT2D eigenvalue weighted by Crippen LogP contribution is -2.31. The lowest BCUT2D eigenvalue weighted by atomic mass is 9.91. The molecule has 0 bridgehead atoms. The van der Waals surface area contributed by atoms with Crippen molar-refractivity contribution in [3.8, 4) is 0 Å². The van der Waals surface area contributed by atoms with Crippen LogP contribution in [0.25, 0.3) is 0 Å². The van der Waals surface area contributed by atoms with E-state index in [-0.39, 0.29) is 0 Å². The van der Waals surface area contributed by atoms with Crippen LogP contribution in [0, 0.1) is 0 Å². The highest BCUT2D eigenvalue weighted by Gasteiger charge is 2.30. The van der Waals surface area contributed by atoms with Gasteiger partial charge < -0.3 is 10.1 Å². The van der Waals surface area contributed by atoms with Gasteiger partial charge in [-0.2, -0.15) is 0 Å². The van der Waals surface area contributed by atoms with Crippen molar-refractivity contribution in [3.63, 3.8) is 0 Å². The largest absolute Gasteiger partial charge is 0.363 e. The Morgan fingerprint density at radius 1 is 1.11 bits per heavy atom. The molecule has 19 heavy (non-hydrogen) atoms. The zero-order valence-electron chi connectivity index (χ0n) is 11.5. The van der Waals surface area contributed by atoms with E-state index in [0.29, 0.717) is 6.61 Å². The standard InChI is InChI=1S/C16H20N2O/c1-16(19-13-12-17-2,14-8-4-3-5-9-14)15-10-6-7-11-18-15/h3-11,17H,12-13H2,1-2H3/t16-/m0/s1. The van der Waals surface area contributed by atoms with Crippen LogP contribution in [-0.4, -0.2) is 25.2 Å². The maximum absolute atomic E-state index is 6.12. The highest BCUT2D eigenvalue weighted by Crippen LogP contribution is 2.31. The summed E-state index contributed by atoms with van der Waals surface area (Å²) in [5.74, 6) is 0. The summed E-state index contributed by atoms with van der Waals surface area (Å²) in [6.07, 6.45) is 1.80. The number of aromatic nitrogens is 1. The first-order chi connectivity index (χ1) is 9.27. The van der Waals surface area contributed by atoms with Crippen LogP contribution in [0.15, 0.2) is 54.7 Å². The monoisotopic (exact) mass is 256 g/mol. The van der Waals surface area contributed by atoms with E-state index < -0.39 is 5.60 Å². The second-order valence-electron chi connectivity index (χ2n) is 4.57. The van der Waals surface area contributed by atoms with Gasteiger partial charge in [0.15, 0.2) is 0 Å². The molecule has 0 radical (unpaired) electrons. The normalized spacial score (nSPS) is 14.0. The molecule has 0 unspecified atom stereocenters. The van der Waals surface area contributed by atoms with E-state index in [1.807, 2.05) is 43.4 Å². The number of hydrogen-bond acceptors (Lipinski definition) is 3. The number of ether oxygens (including phenoxy) is 1. The molecule has 0 aliphatic rings. The first kappa shape index (κ1) is 13.7. The predicted octanol–water partition coefficient (Wildman–Crippen LogP) is 2.58. The molecule has 1 N–H and O–H groups in total. The third kappa shape index (κ3) is 3.19. The molecule has 1 atom stereocenters. The number of rotatable bonds is 6. The molecule has 1 aromatic carbocycles. The number of hydrogen-bond donors (Lipinski definition) is 1. The Bertz CT molecular complexity index is 445. The fourth-order valence-corrected chi connectivity index (χ4v) is 2.06. The van der Waals surface area contributed by atoms with Crippen molar-refractivity contribution < 1.29 is 4.74 Å². The SMILES string of the molecule is CNCCO[C@@](C)(c1ccccc1)c1ccccn1. The summed E-state index contributed by atoms with van der Waals surface area (Å²) in [7, 11) is 1.92. The summed E-state index contributed by atoms with van der Waals surface area (Å²) in [5.41, 5.74) is 1.53. The summed E-state index contributed by atoms with van der Waals surface area (Å²) in [5, 5.41) is 3.10. The highest BCUT2D eigenvalue weighted by atomic mass is 16.5. The lowest BCUT2D eigenvalue weighted by molar-refractivity contribution is -0.00467. The number of likely N-dealkylation sites (N-methyl/N-ethyl adjacent to an activating group) is 1. The van der Waals surface area contributed by atoms with Crippen LogP contribution in [0.1, 0.15) is 18.2 Å². The van der Waals surface area contributed by atoms with E-state index in [0.717, 1.165) is 17.8 Å². The average molecular weight is 256 g/mol. The Kier molecular flexibility index (Phi) is 4.66. The second-order valence-corrected chi connectivity index (χ2v) is 4.57. The summed E-state index contributed by atoms with van der Waals surface area (Å²) >= 11 is 0. The molecular weight excluding hydrogens is 236 g/mol. The van der Waals surface area contributed by atoms with Gasteiger partial charge in [0.1, 0.15) is 5.60 Å². The van der Waals surface area contributed by atoms with Crippen LogP contribution in [0.5, 0.6) is 0 Å². The van der Waals surface area contributed by atoms with Crippen molar-refractivity contribution in [2.24, 2.45) is 0 Å². The maximum Gasteiger partial charge on any atom is 0.132 e. The first-order valence-electron chi connectivity index (χ1n) is 6.53. The van der Waals surface area contributed by atoms with Crippen LogP contribution in [0.4, 0.5) is 0 Å². The van der Waals surface area contributed by atoms with E-state index in [9.17, 15) is 0 Å². The fourth-order valence-electron chi connectivity index (χ4n) is 2.06. The molecule has 0 amide bonds. The Hall–Kier alpha value is -1.71. The van der Waals surface area contributed by atoms with Crippen molar-refractivity contribution in [2.45, 2.75) is 12.5 Å². The van der Waals surface area contributed by atoms with Crippen molar-refractivity contribution in [3.05, 3.63) is 66.0 Å². The van der Waals surface area contributed by atoms with Gasteiger partial charge in [-0.05, 0) is 31.7 Å². The van der Waals surface area contributed by atoms with Crippen molar-refractivity contribution in [1.29, 1.82) is 0 Å². The molecule has 2 rings (SSSR count). The van der Waals surface area contributed by atoms with E-state index in [4.69, 9.17) is 4.74 Å². The van der Waals surface area contributed by atoms with Gasteiger partial charge in [0.05, 0.1) is 12.3 Å². The molecule has 1 aromatic heterocycles. The van der Waals surface area contributed by atoms with Gasteiger partial charge >= 0.3 is 0 Å². The number of pyridine rings is 1. The zero-order chi connectivity index (χ0) is 13.6. The van der Waals surface area contributed by atoms with Gasteiger partial charge in [0.2, 0.25) is 0 Å². The van der Waals surface area contributed by atoms with E-state index >= 15 is 0 Å². The minimum absolute atomic E-state index is 0.515. The number of benzene rings is 1. The minimum atomic E-state index is -0.515. The smallest absolute Gasteiger partial charge is 0.132 e. The molecular formula is C16H20N2O. The topological polar surface area (TPSA) is 34.1 Å². The quantitative estimate of drug-likeness (QED) is 0.807. The first-order valence-corrected chi connectivity index (χ1v) is 6.53. The Balaban J connectivity index is 2.33. The Morgan fingerprint density at radius 3 is 2.47 bits per heavy atom. The van der Waals surface area contributed by atoms with Crippen LogP contribution in [0.2, 0.25) is 0 Å².